The Balaban J connectivity index is 2.00. The summed E-state index contributed by atoms with van der Waals surface area (Å²) in [6.45, 7) is 6.34. The lowest BCUT2D eigenvalue weighted by molar-refractivity contribution is -0.137. The molecule has 2 rings (SSSR count). The largest absolute Gasteiger partial charge is 0.498 e. The van der Waals surface area contributed by atoms with E-state index in [1.807, 2.05) is 57.2 Å². The van der Waals surface area contributed by atoms with Gasteiger partial charge in [-0.3, -0.25) is 9.59 Å². The molecule has 128 valence electrons. The molecule has 0 aromatic heterocycles. The summed E-state index contributed by atoms with van der Waals surface area (Å²) >= 11 is 0. The number of anilines is 1. The number of para-hydroxylation sites is 1. The van der Waals surface area contributed by atoms with Crippen molar-refractivity contribution in [3.05, 3.63) is 53.8 Å². The third-order valence-electron chi connectivity index (χ3n) is 3.87. The second kappa shape index (κ2) is 7.81. The van der Waals surface area contributed by atoms with Crippen LogP contribution in [0, 0.1) is 0 Å². The number of aryl methyl sites for hydroxylation is 1. The first-order chi connectivity index (χ1) is 11.5. The molecule has 1 aromatic carbocycles. The van der Waals surface area contributed by atoms with E-state index in [2.05, 4.69) is 10.6 Å². The van der Waals surface area contributed by atoms with Gasteiger partial charge in [-0.15, -0.1) is 0 Å². The molecule has 5 nitrogen and oxygen atoms in total. The number of carbonyl (C=O) groups is 2. The molecule has 0 saturated carbocycles. The van der Waals surface area contributed by atoms with E-state index in [-0.39, 0.29) is 0 Å². The van der Waals surface area contributed by atoms with E-state index in [1.165, 1.54) is 0 Å². The molecule has 0 radical (unpaired) electrons. The van der Waals surface area contributed by atoms with Crippen LogP contribution in [0.25, 0.3) is 0 Å². The monoisotopic (exact) mass is 328 g/mol. The molecule has 2 N–H and O–H groups in total. The molecule has 1 unspecified atom stereocenters. The maximum atomic E-state index is 12.3. The van der Waals surface area contributed by atoms with Crippen molar-refractivity contribution in [1.29, 1.82) is 0 Å². The van der Waals surface area contributed by atoms with Gasteiger partial charge in [0.05, 0.1) is 17.9 Å². The highest BCUT2D eigenvalue weighted by Crippen LogP contribution is 2.23. The molecule has 1 aliphatic rings. The van der Waals surface area contributed by atoms with Gasteiger partial charge in [0.15, 0.2) is 0 Å². The van der Waals surface area contributed by atoms with Gasteiger partial charge in [0, 0.05) is 12.1 Å². The van der Waals surface area contributed by atoms with Gasteiger partial charge in [-0.05, 0) is 38.0 Å². The number of benzene rings is 1. The van der Waals surface area contributed by atoms with Crippen molar-refractivity contribution in [2.75, 3.05) is 11.9 Å². The lowest BCUT2D eigenvalue weighted by atomic mass is 9.92. The van der Waals surface area contributed by atoms with Crippen molar-refractivity contribution < 1.29 is 14.3 Å². The Morgan fingerprint density at radius 3 is 2.67 bits per heavy atom. The molecule has 0 spiro atoms. The van der Waals surface area contributed by atoms with Gasteiger partial charge in [0.25, 0.3) is 0 Å². The lowest BCUT2D eigenvalue weighted by Crippen LogP contribution is -2.49. The zero-order valence-electron chi connectivity index (χ0n) is 14.4. The van der Waals surface area contributed by atoms with Crippen LogP contribution in [0.15, 0.2) is 48.3 Å². The second-order valence-corrected chi connectivity index (χ2v) is 5.94. The minimum atomic E-state index is -0.668. The molecular weight excluding hydrogens is 304 g/mol. The molecule has 1 aromatic rings. The Hall–Kier alpha value is -2.56. The number of hydrogen-bond donors (Lipinski definition) is 2. The van der Waals surface area contributed by atoms with E-state index < -0.39 is 17.4 Å². The fourth-order valence-electron chi connectivity index (χ4n) is 2.66. The number of allylic oxidation sites excluding steroid dienone is 2. The minimum absolute atomic E-state index is 0.516. The lowest BCUT2D eigenvalue weighted by Gasteiger charge is -2.30. The first-order valence-electron chi connectivity index (χ1n) is 8.20. The van der Waals surface area contributed by atoms with Gasteiger partial charge in [0.2, 0.25) is 0 Å². The van der Waals surface area contributed by atoms with Crippen molar-refractivity contribution in [3.63, 3.8) is 0 Å². The molecule has 0 aliphatic heterocycles. The normalized spacial score (nSPS) is 19.4. The van der Waals surface area contributed by atoms with Crippen molar-refractivity contribution in [2.45, 2.75) is 39.2 Å². The van der Waals surface area contributed by atoms with E-state index >= 15 is 0 Å². The molecule has 1 atom stereocenters. The van der Waals surface area contributed by atoms with Gasteiger partial charge < -0.3 is 15.4 Å². The predicted molar refractivity (Wildman–Crippen MR) is 94.5 cm³/mol. The summed E-state index contributed by atoms with van der Waals surface area (Å²) in [6, 6.07) is 7.46. The Bertz CT molecular complexity index is 679. The van der Waals surface area contributed by atoms with Crippen molar-refractivity contribution in [3.8, 4) is 0 Å². The van der Waals surface area contributed by atoms with Crippen molar-refractivity contribution >= 4 is 17.5 Å². The van der Waals surface area contributed by atoms with E-state index in [0.717, 1.165) is 17.7 Å². The predicted octanol–water partition coefficient (Wildman–Crippen LogP) is 2.94. The average molecular weight is 328 g/mol. The van der Waals surface area contributed by atoms with Crippen molar-refractivity contribution in [1.82, 2.24) is 5.32 Å². The van der Waals surface area contributed by atoms with Gasteiger partial charge in [-0.2, -0.15) is 0 Å². The summed E-state index contributed by atoms with van der Waals surface area (Å²) in [6.07, 6.45) is 6.86. The van der Waals surface area contributed by atoms with Crippen LogP contribution < -0.4 is 10.6 Å². The average Bonchev–Trinajstić information content (AvgIpc) is 2.55. The molecule has 24 heavy (non-hydrogen) atoms. The molecule has 2 amide bonds. The topological polar surface area (TPSA) is 67.4 Å². The summed E-state index contributed by atoms with van der Waals surface area (Å²) in [5.74, 6) is -0.539. The zero-order valence-corrected chi connectivity index (χ0v) is 14.4. The zero-order chi connectivity index (χ0) is 17.6. The summed E-state index contributed by atoms with van der Waals surface area (Å²) < 4.78 is 5.50. The van der Waals surface area contributed by atoms with E-state index in [4.69, 9.17) is 4.74 Å². The third-order valence-corrected chi connectivity index (χ3v) is 3.87. The highest BCUT2D eigenvalue weighted by Gasteiger charge is 2.30. The smallest absolute Gasteiger partial charge is 0.313 e. The van der Waals surface area contributed by atoms with Crippen LogP contribution in [-0.2, 0) is 20.7 Å². The number of nitrogens with one attached hydrogen (secondary N) is 2. The summed E-state index contributed by atoms with van der Waals surface area (Å²) in [5, 5.41) is 5.47. The Morgan fingerprint density at radius 2 is 1.96 bits per heavy atom. The quantitative estimate of drug-likeness (QED) is 0.817. The van der Waals surface area contributed by atoms with Crippen LogP contribution >= 0.6 is 0 Å². The third kappa shape index (κ3) is 4.47. The van der Waals surface area contributed by atoms with Crippen LogP contribution in [-0.4, -0.2) is 24.0 Å². The molecule has 5 heteroatoms. The van der Waals surface area contributed by atoms with Crippen LogP contribution in [0.5, 0.6) is 0 Å². The standard InChI is InChI=1S/C19H24N2O3/c1-4-14-9-6-7-11-16(14)20-17(22)18(23)21-19(3)12-8-10-15(13-19)24-5-2/h6-12H,4-5,13H2,1-3H3,(H,20,22)(H,21,23). The fraction of sp³-hybridized carbons (Fsp3) is 0.368. The van der Waals surface area contributed by atoms with Gasteiger partial charge >= 0.3 is 11.8 Å². The Kier molecular flexibility index (Phi) is 5.79. The van der Waals surface area contributed by atoms with E-state index in [1.54, 1.807) is 6.07 Å². The highest BCUT2D eigenvalue weighted by atomic mass is 16.5. The molecule has 0 bridgehead atoms. The van der Waals surface area contributed by atoms with Crippen LogP contribution in [0.4, 0.5) is 5.69 Å². The van der Waals surface area contributed by atoms with Crippen LogP contribution in [0.1, 0.15) is 32.8 Å². The first-order valence-corrected chi connectivity index (χ1v) is 8.20. The molecule has 0 heterocycles. The number of carbonyl (C=O) groups excluding carboxylic acids is 2. The highest BCUT2D eigenvalue weighted by molar-refractivity contribution is 6.39. The maximum absolute atomic E-state index is 12.3. The SMILES string of the molecule is CCOC1=CC=CC(C)(NC(=O)C(=O)Nc2ccccc2CC)C1. The second-order valence-electron chi connectivity index (χ2n) is 5.94. The molecule has 1 aliphatic carbocycles. The minimum Gasteiger partial charge on any atom is -0.498 e. The van der Waals surface area contributed by atoms with Crippen molar-refractivity contribution in [2.24, 2.45) is 0 Å². The van der Waals surface area contributed by atoms with Crippen LogP contribution in [0.3, 0.4) is 0 Å². The van der Waals surface area contributed by atoms with Gasteiger partial charge in [-0.1, -0.05) is 37.3 Å². The molecule has 0 saturated heterocycles. The Labute approximate surface area is 142 Å². The number of ether oxygens (including phenoxy) is 1. The summed E-state index contributed by atoms with van der Waals surface area (Å²) in [5.41, 5.74) is 1.01. The maximum Gasteiger partial charge on any atom is 0.313 e. The van der Waals surface area contributed by atoms with Gasteiger partial charge in [-0.25, -0.2) is 0 Å². The summed E-state index contributed by atoms with van der Waals surface area (Å²) in [4.78, 5) is 24.5. The number of amides is 2. The van der Waals surface area contributed by atoms with Gasteiger partial charge in [0.1, 0.15) is 0 Å². The fourth-order valence-corrected chi connectivity index (χ4v) is 2.66. The summed E-state index contributed by atoms with van der Waals surface area (Å²) in [7, 11) is 0. The van der Waals surface area contributed by atoms with Crippen LogP contribution in [0.2, 0.25) is 0 Å². The number of hydrogen-bond acceptors (Lipinski definition) is 3. The number of rotatable bonds is 5. The van der Waals surface area contributed by atoms with E-state index in [9.17, 15) is 9.59 Å². The first kappa shape index (κ1) is 17.8. The Morgan fingerprint density at radius 1 is 1.21 bits per heavy atom. The molecule has 0 fully saturated rings. The molecular formula is C19H24N2O3. The van der Waals surface area contributed by atoms with E-state index in [0.29, 0.717) is 18.7 Å².